The first-order valence-electron chi connectivity index (χ1n) is 5.66. The second kappa shape index (κ2) is 5.27. The molecule has 0 aliphatic heterocycles. The molecule has 0 atom stereocenters. The third kappa shape index (κ3) is 2.85. The summed E-state index contributed by atoms with van der Waals surface area (Å²) in [7, 11) is 1.60. The number of hydrogen-bond donors (Lipinski definition) is 2. The monoisotopic (exact) mass is 278 g/mol. The molecule has 0 spiro atoms. The number of amides is 1. The van der Waals surface area contributed by atoms with E-state index in [-0.39, 0.29) is 17.1 Å². The molecule has 0 bridgehead atoms. The Hall–Kier alpha value is -2.08. The number of thiazole rings is 1. The molecule has 1 aromatic carbocycles. The fourth-order valence-corrected chi connectivity index (χ4v) is 2.34. The molecule has 0 saturated heterocycles. The van der Waals surface area contributed by atoms with Crippen molar-refractivity contribution in [1.82, 2.24) is 9.88 Å². The average molecular weight is 278 g/mol. The van der Waals surface area contributed by atoms with Crippen molar-refractivity contribution in [2.45, 2.75) is 13.5 Å². The lowest BCUT2D eigenvalue weighted by Gasteiger charge is -2.17. The van der Waals surface area contributed by atoms with Gasteiger partial charge in [-0.1, -0.05) is 6.07 Å². The first kappa shape index (κ1) is 13.4. The Morgan fingerprint density at radius 2 is 2.00 bits per heavy atom. The van der Waals surface area contributed by atoms with Crippen molar-refractivity contribution in [3.8, 4) is 11.5 Å². The molecule has 100 valence electrons. The van der Waals surface area contributed by atoms with Crippen LogP contribution in [0, 0.1) is 6.92 Å². The van der Waals surface area contributed by atoms with Gasteiger partial charge in [-0.15, -0.1) is 11.3 Å². The summed E-state index contributed by atoms with van der Waals surface area (Å²) in [5, 5.41) is 22.1. The number of phenolic OH excluding ortho intramolecular Hbond substituents is 2. The van der Waals surface area contributed by atoms with Crippen LogP contribution >= 0.6 is 11.3 Å². The van der Waals surface area contributed by atoms with E-state index in [1.54, 1.807) is 7.05 Å². The van der Waals surface area contributed by atoms with Gasteiger partial charge < -0.3 is 15.1 Å². The van der Waals surface area contributed by atoms with Crippen molar-refractivity contribution >= 4 is 17.2 Å². The number of aryl methyl sites for hydroxylation is 1. The number of aromatic hydroxyl groups is 2. The van der Waals surface area contributed by atoms with Crippen molar-refractivity contribution in [2.24, 2.45) is 0 Å². The van der Waals surface area contributed by atoms with Gasteiger partial charge in [-0.3, -0.25) is 4.79 Å². The first-order valence-corrected chi connectivity index (χ1v) is 6.54. The summed E-state index contributed by atoms with van der Waals surface area (Å²) in [6.45, 7) is 2.22. The Morgan fingerprint density at radius 3 is 2.53 bits per heavy atom. The molecular weight excluding hydrogens is 264 g/mol. The minimum atomic E-state index is -0.443. The highest BCUT2D eigenvalue weighted by atomic mass is 32.1. The highest BCUT2D eigenvalue weighted by molar-refractivity contribution is 7.09. The summed E-state index contributed by atoms with van der Waals surface area (Å²) >= 11 is 1.51. The largest absolute Gasteiger partial charge is 0.507 e. The fraction of sp³-hybridized carbons (Fsp3) is 0.231. The molecule has 2 rings (SSSR count). The SMILES string of the molecule is Cc1nc(CN(C)C(=O)c2c(O)cccc2O)cs1. The zero-order valence-corrected chi connectivity index (χ0v) is 11.4. The lowest BCUT2D eigenvalue weighted by Crippen LogP contribution is -2.26. The van der Waals surface area contributed by atoms with Gasteiger partial charge in [0.15, 0.2) is 0 Å². The van der Waals surface area contributed by atoms with Gasteiger partial charge in [0.25, 0.3) is 5.91 Å². The van der Waals surface area contributed by atoms with Crippen LogP contribution in [0.3, 0.4) is 0 Å². The minimum absolute atomic E-state index is 0.0862. The molecule has 0 radical (unpaired) electrons. The van der Waals surface area contributed by atoms with Crippen molar-refractivity contribution in [2.75, 3.05) is 7.05 Å². The summed E-state index contributed by atoms with van der Waals surface area (Å²) in [6, 6.07) is 4.22. The molecule has 19 heavy (non-hydrogen) atoms. The van der Waals surface area contributed by atoms with E-state index < -0.39 is 5.91 Å². The van der Waals surface area contributed by atoms with Gasteiger partial charge >= 0.3 is 0 Å². The number of nitrogens with zero attached hydrogens (tertiary/aromatic N) is 2. The quantitative estimate of drug-likeness (QED) is 0.902. The maximum absolute atomic E-state index is 12.2. The summed E-state index contributed by atoms with van der Waals surface area (Å²) in [6.07, 6.45) is 0. The van der Waals surface area contributed by atoms with Gasteiger partial charge in [0, 0.05) is 12.4 Å². The van der Waals surface area contributed by atoms with Crippen LogP contribution in [0.15, 0.2) is 23.6 Å². The Labute approximate surface area is 114 Å². The molecule has 0 saturated carbocycles. The number of benzene rings is 1. The maximum atomic E-state index is 12.2. The van der Waals surface area contributed by atoms with Crippen molar-refractivity contribution in [3.63, 3.8) is 0 Å². The molecule has 6 heteroatoms. The number of carbonyl (C=O) groups is 1. The molecule has 2 N–H and O–H groups in total. The normalized spacial score (nSPS) is 10.4. The Bertz CT molecular complexity index is 589. The van der Waals surface area contributed by atoms with Crippen molar-refractivity contribution < 1.29 is 15.0 Å². The van der Waals surface area contributed by atoms with Crippen LogP contribution in [-0.4, -0.2) is 33.1 Å². The van der Waals surface area contributed by atoms with Crippen LogP contribution < -0.4 is 0 Å². The highest BCUT2D eigenvalue weighted by Crippen LogP contribution is 2.27. The molecule has 2 aromatic rings. The number of carbonyl (C=O) groups excluding carboxylic acids is 1. The molecule has 0 unspecified atom stereocenters. The molecule has 0 fully saturated rings. The Balaban J connectivity index is 2.19. The van der Waals surface area contributed by atoms with Gasteiger partial charge in [-0.2, -0.15) is 0 Å². The minimum Gasteiger partial charge on any atom is -0.507 e. The van der Waals surface area contributed by atoms with Gasteiger partial charge in [-0.25, -0.2) is 4.98 Å². The van der Waals surface area contributed by atoms with E-state index in [4.69, 9.17) is 0 Å². The number of aromatic nitrogens is 1. The lowest BCUT2D eigenvalue weighted by atomic mass is 10.1. The number of rotatable bonds is 3. The standard InChI is InChI=1S/C13H14N2O3S/c1-8-14-9(7-19-8)6-15(2)13(18)12-10(16)4-3-5-11(12)17/h3-5,7,16-17H,6H2,1-2H3. The zero-order valence-electron chi connectivity index (χ0n) is 10.6. The Kier molecular flexibility index (Phi) is 3.71. The zero-order chi connectivity index (χ0) is 14.0. The summed E-state index contributed by atoms with van der Waals surface area (Å²) in [5.41, 5.74) is 0.699. The molecule has 0 aliphatic carbocycles. The molecule has 1 aromatic heterocycles. The van der Waals surface area contributed by atoms with E-state index in [1.807, 2.05) is 12.3 Å². The highest BCUT2D eigenvalue weighted by Gasteiger charge is 2.20. The van der Waals surface area contributed by atoms with Crippen LogP contribution in [0.4, 0.5) is 0 Å². The maximum Gasteiger partial charge on any atom is 0.261 e. The Morgan fingerprint density at radius 1 is 1.37 bits per heavy atom. The fourth-order valence-electron chi connectivity index (χ4n) is 1.73. The van der Waals surface area contributed by atoms with Gasteiger partial charge in [0.2, 0.25) is 0 Å². The number of hydrogen-bond acceptors (Lipinski definition) is 5. The average Bonchev–Trinajstić information content (AvgIpc) is 2.74. The number of phenols is 2. The molecule has 5 nitrogen and oxygen atoms in total. The summed E-state index contributed by atoms with van der Waals surface area (Å²) in [5.74, 6) is -0.904. The lowest BCUT2D eigenvalue weighted by molar-refractivity contribution is 0.0777. The topological polar surface area (TPSA) is 73.7 Å². The van der Waals surface area contributed by atoms with Gasteiger partial charge in [0.05, 0.1) is 17.2 Å². The molecule has 0 aliphatic rings. The van der Waals surface area contributed by atoms with Gasteiger partial charge in [-0.05, 0) is 19.1 Å². The van der Waals surface area contributed by atoms with Crippen molar-refractivity contribution in [1.29, 1.82) is 0 Å². The van der Waals surface area contributed by atoms with Crippen LogP contribution in [0.2, 0.25) is 0 Å². The predicted molar refractivity (Wildman–Crippen MR) is 72.4 cm³/mol. The van der Waals surface area contributed by atoms with Crippen LogP contribution in [0.1, 0.15) is 21.1 Å². The second-order valence-electron chi connectivity index (χ2n) is 4.19. The van der Waals surface area contributed by atoms with Gasteiger partial charge in [0.1, 0.15) is 17.1 Å². The molecule has 1 heterocycles. The van der Waals surface area contributed by atoms with E-state index in [0.29, 0.717) is 6.54 Å². The first-order chi connectivity index (χ1) is 8.99. The van der Waals surface area contributed by atoms with E-state index in [1.165, 1.54) is 34.4 Å². The van der Waals surface area contributed by atoms with E-state index >= 15 is 0 Å². The predicted octanol–water partition coefficient (Wildman–Crippen LogP) is 2.13. The third-order valence-corrected chi connectivity index (χ3v) is 3.47. The van der Waals surface area contributed by atoms with E-state index in [9.17, 15) is 15.0 Å². The molecule has 1 amide bonds. The molecular formula is C13H14N2O3S. The van der Waals surface area contributed by atoms with E-state index in [0.717, 1.165) is 10.7 Å². The summed E-state index contributed by atoms with van der Waals surface area (Å²) in [4.78, 5) is 17.9. The van der Waals surface area contributed by atoms with E-state index in [2.05, 4.69) is 4.98 Å². The smallest absolute Gasteiger partial charge is 0.261 e. The van der Waals surface area contributed by atoms with Crippen molar-refractivity contribution in [3.05, 3.63) is 39.8 Å². The van der Waals surface area contributed by atoms with Crippen LogP contribution in [0.25, 0.3) is 0 Å². The summed E-state index contributed by atoms with van der Waals surface area (Å²) < 4.78 is 0. The van der Waals surface area contributed by atoms with Crippen LogP contribution in [-0.2, 0) is 6.54 Å². The van der Waals surface area contributed by atoms with Crippen LogP contribution in [0.5, 0.6) is 11.5 Å². The second-order valence-corrected chi connectivity index (χ2v) is 5.25. The third-order valence-electron chi connectivity index (χ3n) is 2.65.